The zero-order valence-corrected chi connectivity index (χ0v) is 30.1. The van der Waals surface area contributed by atoms with Crippen LogP contribution in [0.3, 0.4) is 0 Å². The van der Waals surface area contributed by atoms with Crippen molar-refractivity contribution in [1.82, 2.24) is 19.6 Å². The number of carboxylic acid groups (broad SMARTS) is 1. The van der Waals surface area contributed by atoms with Crippen molar-refractivity contribution in [2.75, 3.05) is 37.8 Å². The summed E-state index contributed by atoms with van der Waals surface area (Å²) in [5.41, 5.74) is 0.833. The number of likely N-dealkylation sites (tertiary alicyclic amines) is 2. The molecule has 4 heterocycles. The SMILES string of the molecule is CN1C(=O)CCC(N2C(=O)c3ccc(NCC(=O)O)cc3C2=O)C1=O.CN1C(=O)CCC(N2C(=O)c3ccc(NCC(=O)OC(C)(C)C)cc3C2=O)C1=O. The highest BCUT2D eigenvalue weighted by Crippen LogP contribution is 2.32. The molecule has 4 aliphatic heterocycles. The lowest BCUT2D eigenvalue weighted by Crippen LogP contribution is -2.54. The molecule has 2 aromatic carbocycles. The molecule has 18 heteroatoms. The van der Waals surface area contributed by atoms with Crippen LogP contribution in [0.25, 0.3) is 0 Å². The number of piperidine rings is 2. The lowest BCUT2D eigenvalue weighted by Gasteiger charge is -2.32. The van der Waals surface area contributed by atoms with E-state index < -0.39 is 65.1 Å². The second kappa shape index (κ2) is 14.9. The van der Waals surface area contributed by atoms with Gasteiger partial charge in [0.15, 0.2) is 0 Å². The second-order valence-electron chi connectivity index (χ2n) is 13.9. The predicted octanol–water partition coefficient (Wildman–Crippen LogP) is 1.11. The molecule has 2 aromatic rings. The molecule has 18 nitrogen and oxygen atoms in total. The highest BCUT2D eigenvalue weighted by molar-refractivity contribution is 6.24. The third-order valence-electron chi connectivity index (χ3n) is 9.00. The van der Waals surface area contributed by atoms with Gasteiger partial charge in [0.1, 0.15) is 30.8 Å². The molecule has 284 valence electrons. The number of hydrogen-bond acceptors (Lipinski definition) is 13. The van der Waals surface area contributed by atoms with Gasteiger partial charge in [-0.1, -0.05) is 0 Å². The summed E-state index contributed by atoms with van der Waals surface area (Å²) >= 11 is 0. The summed E-state index contributed by atoms with van der Waals surface area (Å²) in [6.07, 6.45) is 0.365. The van der Waals surface area contributed by atoms with Gasteiger partial charge in [0.2, 0.25) is 11.8 Å². The van der Waals surface area contributed by atoms with Crippen LogP contribution in [0, 0.1) is 0 Å². The van der Waals surface area contributed by atoms with E-state index in [2.05, 4.69) is 10.6 Å². The number of carbonyl (C=O) groups excluding carboxylic acids is 9. The van der Waals surface area contributed by atoms with E-state index in [1.807, 2.05) is 0 Å². The van der Waals surface area contributed by atoms with Crippen LogP contribution < -0.4 is 10.6 Å². The third-order valence-corrected chi connectivity index (χ3v) is 9.00. The maximum Gasteiger partial charge on any atom is 0.325 e. The predicted molar refractivity (Wildman–Crippen MR) is 186 cm³/mol. The Kier molecular flexibility index (Phi) is 10.7. The fraction of sp³-hybridized carbons (Fsp3) is 0.389. The number of esters is 1. The molecular weight excluding hydrogens is 708 g/mol. The molecule has 2 saturated heterocycles. The minimum atomic E-state index is -1.06. The number of amides is 8. The first-order chi connectivity index (χ1) is 25.3. The van der Waals surface area contributed by atoms with Crippen LogP contribution in [0.2, 0.25) is 0 Å². The Morgan fingerprint density at radius 2 is 1.06 bits per heavy atom. The van der Waals surface area contributed by atoms with Crippen molar-refractivity contribution < 1.29 is 57.8 Å². The van der Waals surface area contributed by atoms with E-state index in [-0.39, 0.29) is 72.8 Å². The number of carbonyl (C=O) groups is 10. The fourth-order valence-corrected chi connectivity index (χ4v) is 6.31. The smallest absolute Gasteiger partial charge is 0.325 e. The van der Waals surface area contributed by atoms with Crippen molar-refractivity contribution in [1.29, 1.82) is 0 Å². The van der Waals surface area contributed by atoms with Crippen molar-refractivity contribution in [3.05, 3.63) is 58.7 Å². The molecule has 2 fully saturated rings. The molecule has 0 aliphatic carbocycles. The molecule has 2 unspecified atom stereocenters. The number of ether oxygens (including phenoxy) is 1. The third kappa shape index (κ3) is 7.67. The number of imide groups is 4. The van der Waals surface area contributed by atoms with Crippen molar-refractivity contribution in [2.24, 2.45) is 0 Å². The number of aliphatic carboxylic acids is 1. The highest BCUT2D eigenvalue weighted by Gasteiger charge is 2.47. The number of anilines is 2. The van der Waals surface area contributed by atoms with E-state index in [0.29, 0.717) is 11.4 Å². The summed E-state index contributed by atoms with van der Waals surface area (Å²) in [4.78, 5) is 125. The molecule has 2 atom stereocenters. The molecule has 3 N–H and O–H groups in total. The minimum Gasteiger partial charge on any atom is -0.480 e. The van der Waals surface area contributed by atoms with Crippen LogP contribution in [-0.2, 0) is 33.5 Å². The van der Waals surface area contributed by atoms with Crippen LogP contribution in [0.1, 0.15) is 87.9 Å². The second-order valence-corrected chi connectivity index (χ2v) is 13.9. The van der Waals surface area contributed by atoms with Crippen LogP contribution in [-0.4, -0.2) is 129 Å². The molecule has 0 saturated carbocycles. The molecule has 54 heavy (non-hydrogen) atoms. The lowest BCUT2D eigenvalue weighted by molar-refractivity contribution is -0.153. The van der Waals surface area contributed by atoms with Gasteiger partial charge in [0, 0.05) is 38.3 Å². The van der Waals surface area contributed by atoms with Gasteiger partial charge in [0.25, 0.3) is 35.4 Å². The number of benzene rings is 2. The van der Waals surface area contributed by atoms with Crippen LogP contribution in [0.4, 0.5) is 11.4 Å². The number of likely N-dealkylation sites (N-methyl/N-ethyl adjacent to an activating group) is 2. The van der Waals surface area contributed by atoms with Gasteiger partial charge in [-0.3, -0.25) is 67.5 Å². The van der Waals surface area contributed by atoms with Crippen LogP contribution >= 0.6 is 0 Å². The highest BCUT2D eigenvalue weighted by atomic mass is 16.6. The van der Waals surface area contributed by atoms with Gasteiger partial charge >= 0.3 is 11.9 Å². The maximum absolute atomic E-state index is 12.8. The first kappa shape index (κ1) is 38.8. The van der Waals surface area contributed by atoms with Gasteiger partial charge in [0.05, 0.1) is 22.3 Å². The molecule has 0 radical (unpaired) electrons. The molecule has 6 rings (SSSR count). The zero-order chi connectivity index (χ0) is 39.8. The molecular formula is C36H38N6O12. The summed E-state index contributed by atoms with van der Waals surface area (Å²) in [7, 11) is 2.66. The summed E-state index contributed by atoms with van der Waals surface area (Å²) in [6.45, 7) is 4.85. The average molecular weight is 747 g/mol. The van der Waals surface area contributed by atoms with Crippen molar-refractivity contribution >= 4 is 70.6 Å². The van der Waals surface area contributed by atoms with Crippen molar-refractivity contribution in [3.63, 3.8) is 0 Å². The standard InChI is InChI=1S/C20H23N3O6.C16H15N3O6/c1-20(2,3)29-16(25)10-21-11-5-6-12-13(9-11)18(27)23(17(12)26)14-7-8-15(24)22(4)19(14)28;1-18-12(20)5-4-11(16(18)25)19-14(23)9-3-2-8(17-7-13(21)22)6-10(9)15(19)24/h5-6,9,14,21H,7-8,10H2,1-4H3;2-3,6,11,17H,4-5,7H2,1H3,(H,21,22). The van der Waals surface area contributed by atoms with E-state index in [1.54, 1.807) is 26.8 Å². The molecule has 0 aromatic heterocycles. The Bertz CT molecular complexity index is 2020. The zero-order valence-electron chi connectivity index (χ0n) is 30.1. The Labute approximate surface area is 308 Å². The first-order valence-electron chi connectivity index (χ1n) is 16.9. The monoisotopic (exact) mass is 746 g/mol. The van der Waals surface area contributed by atoms with Gasteiger partial charge in [-0.25, -0.2) is 0 Å². The number of nitrogens with zero attached hydrogens (tertiary/aromatic N) is 4. The number of nitrogens with one attached hydrogen (secondary N) is 2. The Morgan fingerprint density at radius 1 is 0.667 bits per heavy atom. The summed E-state index contributed by atoms with van der Waals surface area (Å²) in [5.74, 6) is -5.74. The minimum absolute atomic E-state index is 0.0751. The Morgan fingerprint density at radius 3 is 1.44 bits per heavy atom. The van der Waals surface area contributed by atoms with E-state index >= 15 is 0 Å². The molecule has 0 bridgehead atoms. The number of carboxylic acids is 1. The van der Waals surface area contributed by atoms with Crippen molar-refractivity contribution in [2.45, 2.75) is 64.1 Å². The fourth-order valence-electron chi connectivity index (χ4n) is 6.31. The van der Waals surface area contributed by atoms with Gasteiger partial charge in [-0.2, -0.15) is 0 Å². The normalized spacial score (nSPS) is 19.8. The Balaban J connectivity index is 0.000000210. The van der Waals surface area contributed by atoms with E-state index in [0.717, 1.165) is 19.6 Å². The number of fused-ring (bicyclic) bond motifs is 2. The van der Waals surface area contributed by atoms with E-state index in [4.69, 9.17) is 9.84 Å². The van der Waals surface area contributed by atoms with E-state index in [1.165, 1.54) is 44.4 Å². The van der Waals surface area contributed by atoms with Crippen LogP contribution in [0.5, 0.6) is 0 Å². The Hall–Kier alpha value is -6.46. The van der Waals surface area contributed by atoms with Gasteiger partial charge in [-0.05, 0) is 70.0 Å². The average Bonchev–Trinajstić information content (AvgIpc) is 3.50. The van der Waals surface area contributed by atoms with Gasteiger partial charge in [-0.15, -0.1) is 0 Å². The number of hydrogen-bond donors (Lipinski definition) is 3. The lowest BCUT2D eigenvalue weighted by atomic mass is 10.0. The van der Waals surface area contributed by atoms with Crippen molar-refractivity contribution in [3.8, 4) is 0 Å². The summed E-state index contributed by atoms with van der Waals surface area (Å²) in [6, 6.07) is 6.83. The summed E-state index contributed by atoms with van der Waals surface area (Å²) < 4.78 is 5.22. The first-order valence-corrected chi connectivity index (χ1v) is 16.9. The summed E-state index contributed by atoms with van der Waals surface area (Å²) in [5, 5.41) is 14.2. The van der Waals surface area contributed by atoms with Crippen LogP contribution in [0.15, 0.2) is 36.4 Å². The largest absolute Gasteiger partial charge is 0.480 e. The maximum atomic E-state index is 12.8. The quantitative estimate of drug-likeness (QED) is 0.254. The topological polar surface area (TPSA) is 237 Å². The van der Waals surface area contributed by atoms with Gasteiger partial charge < -0.3 is 20.5 Å². The molecule has 0 spiro atoms. The molecule has 4 aliphatic rings. The van der Waals surface area contributed by atoms with E-state index in [9.17, 15) is 47.9 Å². The number of rotatable bonds is 8. The molecule has 8 amide bonds.